The van der Waals surface area contributed by atoms with Gasteiger partial charge in [0.15, 0.2) is 0 Å². The Bertz CT molecular complexity index is 438. The highest BCUT2D eigenvalue weighted by Crippen LogP contribution is 2.41. The van der Waals surface area contributed by atoms with E-state index in [9.17, 15) is 0 Å². The van der Waals surface area contributed by atoms with Gasteiger partial charge in [0.05, 0.1) is 6.54 Å². The van der Waals surface area contributed by atoms with Gasteiger partial charge in [-0.05, 0) is 44.2 Å². The topological polar surface area (TPSA) is 33.1 Å². The normalized spacial score (nSPS) is 24.9. The summed E-state index contributed by atoms with van der Waals surface area (Å²) in [6.07, 6.45) is 7.78. The average Bonchev–Trinajstić information content (AvgIpc) is 2.92. The number of aryl methyl sites for hydroxylation is 1. The average molecular weight is 292 g/mol. The van der Waals surface area contributed by atoms with E-state index in [1.54, 1.807) is 0 Å². The van der Waals surface area contributed by atoms with Crippen LogP contribution in [0, 0.1) is 11.3 Å². The van der Waals surface area contributed by atoms with Gasteiger partial charge < -0.3 is 9.88 Å². The second-order valence-corrected chi connectivity index (χ2v) is 7.37. The van der Waals surface area contributed by atoms with Crippen molar-refractivity contribution in [2.75, 3.05) is 20.1 Å². The first-order valence-corrected chi connectivity index (χ1v) is 8.32. The summed E-state index contributed by atoms with van der Waals surface area (Å²) in [5, 5.41) is 3.80. The smallest absolute Gasteiger partial charge is 0.122 e. The van der Waals surface area contributed by atoms with Crippen molar-refractivity contribution in [3.63, 3.8) is 0 Å². The van der Waals surface area contributed by atoms with Crippen LogP contribution in [-0.4, -0.2) is 40.6 Å². The Kier molecular flexibility index (Phi) is 5.44. The number of rotatable bonds is 7. The molecule has 1 aliphatic rings. The van der Waals surface area contributed by atoms with Gasteiger partial charge in [-0.25, -0.2) is 4.98 Å². The summed E-state index contributed by atoms with van der Waals surface area (Å²) in [5.41, 5.74) is 0.421. The van der Waals surface area contributed by atoms with Gasteiger partial charge in [-0.1, -0.05) is 20.8 Å². The third-order valence-electron chi connectivity index (χ3n) is 4.97. The zero-order chi connectivity index (χ0) is 15.5. The molecule has 0 aliphatic heterocycles. The summed E-state index contributed by atoms with van der Waals surface area (Å²) in [6, 6.07) is 0.640. The van der Waals surface area contributed by atoms with Gasteiger partial charge in [0.1, 0.15) is 5.82 Å². The van der Waals surface area contributed by atoms with Gasteiger partial charge in [0.2, 0.25) is 0 Å². The monoisotopic (exact) mass is 292 g/mol. The maximum atomic E-state index is 4.43. The highest BCUT2D eigenvalue weighted by Gasteiger charge is 2.41. The molecule has 0 bridgehead atoms. The molecule has 0 aromatic carbocycles. The summed E-state index contributed by atoms with van der Waals surface area (Å²) >= 11 is 0. The Morgan fingerprint density at radius 3 is 2.86 bits per heavy atom. The van der Waals surface area contributed by atoms with E-state index in [1.165, 1.54) is 19.3 Å². The molecular weight excluding hydrogens is 260 g/mol. The molecule has 2 unspecified atom stereocenters. The fraction of sp³-hybridized carbons (Fsp3) is 0.824. The molecule has 120 valence electrons. The van der Waals surface area contributed by atoms with Crippen LogP contribution >= 0.6 is 0 Å². The van der Waals surface area contributed by atoms with E-state index in [4.69, 9.17) is 0 Å². The number of hydrogen-bond donors (Lipinski definition) is 1. The Morgan fingerprint density at radius 1 is 1.48 bits per heavy atom. The molecule has 0 saturated heterocycles. The van der Waals surface area contributed by atoms with Crippen molar-refractivity contribution in [1.82, 2.24) is 19.8 Å². The molecule has 1 saturated carbocycles. The highest BCUT2D eigenvalue weighted by atomic mass is 15.2. The van der Waals surface area contributed by atoms with Crippen LogP contribution < -0.4 is 5.32 Å². The van der Waals surface area contributed by atoms with Gasteiger partial charge in [0, 0.05) is 32.0 Å². The number of hydrogen-bond acceptors (Lipinski definition) is 3. The maximum Gasteiger partial charge on any atom is 0.122 e. The molecule has 1 aromatic rings. The molecule has 0 radical (unpaired) electrons. The summed E-state index contributed by atoms with van der Waals surface area (Å²) in [7, 11) is 4.29. The molecule has 1 aromatic heterocycles. The number of aromatic nitrogens is 2. The minimum absolute atomic E-state index is 0.421. The van der Waals surface area contributed by atoms with Crippen LogP contribution in [0.3, 0.4) is 0 Å². The van der Waals surface area contributed by atoms with Crippen LogP contribution in [0.4, 0.5) is 0 Å². The fourth-order valence-corrected chi connectivity index (χ4v) is 3.71. The molecule has 0 spiro atoms. The zero-order valence-corrected chi connectivity index (χ0v) is 14.4. The van der Waals surface area contributed by atoms with Crippen molar-refractivity contribution in [2.45, 2.75) is 52.6 Å². The molecule has 2 atom stereocenters. The minimum atomic E-state index is 0.421. The number of nitrogens with one attached hydrogen (secondary N) is 1. The lowest BCUT2D eigenvalue weighted by Gasteiger charge is -2.33. The first-order chi connectivity index (χ1) is 9.94. The molecule has 4 nitrogen and oxygen atoms in total. The van der Waals surface area contributed by atoms with E-state index in [0.29, 0.717) is 11.5 Å². The second kappa shape index (κ2) is 6.93. The van der Waals surface area contributed by atoms with Gasteiger partial charge in [-0.3, -0.25) is 4.90 Å². The third-order valence-corrected chi connectivity index (χ3v) is 4.97. The first kappa shape index (κ1) is 16.5. The largest absolute Gasteiger partial charge is 0.337 e. The van der Waals surface area contributed by atoms with Crippen LogP contribution in [0.5, 0.6) is 0 Å². The van der Waals surface area contributed by atoms with E-state index in [-0.39, 0.29) is 0 Å². The third kappa shape index (κ3) is 4.07. The molecule has 21 heavy (non-hydrogen) atoms. The summed E-state index contributed by atoms with van der Waals surface area (Å²) < 4.78 is 2.11. The molecule has 1 aliphatic carbocycles. The SMILES string of the molecule is CCCNC1C(CN(C)Cc2nccn2C)CCC1(C)C. The highest BCUT2D eigenvalue weighted by molar-refractivity contribution is 4.98. The van der Waals surface area contributed by atoms with Crippen molar-refractivity contribution in [3.05, 3.63) is 18.2 Å². The predicted molar refractivity (Wildman–Crippen MR) is 88.1 cm³/mol. The van der Waals surface area contributed by atoms with Gasteiger partial charge in [-0.15, -0.1) is 0 Å². The van der Waals surface area contributed by atoms with E-state index in [2.05, 4.69) is 54.6 Å². The van der Waals surface area contributed by atoms with Crippen LogP contribution in [0.2, 0.25) is 0 Å². The Balaban J connectivity index is 1.92. The van der Waals surface area contributed by atoms with Crippen LogP contribution in [-0.2, 0) is 13.6 Å². The van der Waals surface area contributed by atoms with Gasteiger partial charge in [0.25, 0.3) is 0 Å². The Morgan fingerprint density at radius 2 is 2.24 bits per heavy atom. The molecule has 4 heteroatoms. The van der Waals surface area contributed by atoms with Crippen molar-refractivity contribution < 1.29 is 0 Å². The second-order valence-electron chi connectivity index (χ2n) is 7.37. The van der Waals surface area contributed by atoms with Crippen LogP contribution in [0.15, 0.2) is 12.4 Å². The summed E-state index contributed by atoms with van der Waals surface area (Å²) in [6.45, 7) is 10.3. The standard InChI is InChI=1S/C17H32N4/c1-6-9-19-16-14(7-8-17(16,2)3)12-20(4)13-15-18-10-11-21(15)5/h10-11,14,16,19H,6-9,12-13H2,1-5H3. The number of imidazole rings is 1. The first-order valence-electron chi connectivity index (χ1n) is 8.32. The van der Waals surface area contributed by atoms with Crippen LogP contribution in [0.1, 0.15) is 45.9 Å². The van der Waals surface area contributed by atoms with E-state index < -0.39 is 0 Å². The quantitative estimate of drug-likeness (QED) is 0.839. The van der Waals surface area contributed by atoms with Crippen molar-refractivity contribution in [3.8, 4) is 0 Å². The van der Waals surface area contributed by atoms with E-state index in [1.807, 2.05) is 12.4 Å². The molecule has 2 rings (SSSR count). The van der Waals surface area contributed by atoms with Crippen molar-refractivity contribution in [1.29, 1.82) is 0 Å². The predicted octanol–water partition coefficient (Wildman–Crippen LogP) is 2.66. The maximum absolute atomic E-state index is 4.43. The van der Waals surface area contributed by atoms with Crippen molar-refractivity contribution in [2.24, 2.45) is 18.4 Å². The lowest BCUT2D eigenvalue weighted by Crippen LogP contribution is -2.45. The number of nitrogens with zero attached hydrogens (tertiary/aromatic N) is 3. The lowest BCUT2D eigenvalue weighted by molar-refractivity contribution is 0.197. The summed E-state index contributed by atoms with van der Waals surface area (Å²) in [5.74, 6) is 1.89. The van der Waals surface area contributed by atoms with Crippen molar-refractivity contribution >= 4 is 0 Å². The fourth-order valence-electron chi connectivity index (χ4n) is 3.71. The summed E-state index contributed by atoms with van der Waals surface area (Å²) in [4.78, 5) is 6.86. The molecule has 0 amide bonds. The minimum Gasteiger partial charge on any atom is -0.337 e. The zero-order valence-electron chi connectivity index (χ0n) is 14.4. The molecular formula is C17H32N4. The van der Waals surface area contributed by atoms with Crippen LogP contribution in [0.25, 0.3) is 0 Å². The van der Waals surface area contributed by atoms with E-state index in [0.717, 1.165) is 31.4 Å². The van der Waals surface area contributed by atoms with Gasteiger partial charge >= 0.3 is 0 Å². The molecule has 1 fully saturated rings. The van der Waals surface area contributed by atoms with E-state index >= 15 is 0 Å². The molecule has 1 N–H and O–H groups in total. The van der Waals surface area contributed by atoms with Gasteiger partial charge in [-0.2, -0.15) is 0 Å². The lowest BCUT2D eigenvalue weighted by atomic mass is 9.84. The Labute approximate surface area is 129 Å². The molecule has 1 heterocycles. The Hall–Kier alpha value is -0.870.